The summed E-state index contributed by atoms with van der Waals surface area (Å²) >= 11 is 1.19. The normalized spacial score (nSPS) is 10.1. The highest BCUT2D eigenvalue weighted by Crippen LogP contribution is 2.28. The third kappa shape index (κ3) is 5.06. The van der Waals surface area contributed by atoms with Gasteiger partial charge in [-0.2, -0.15) is 0 Å². The molecule has 2 amide bonds. The average molecular weight is 425 g/mol. The molecule has 0 aliphatic carbocycles. The number of ether oxygens (including phenoxy) is 1. The number of nitro benzene ring substituents is 1. The summed E-state index contributed by atoms with van der Waals surface area (Å²) in [7, 11) is 0. The molecule has 1 aromatic heterocycles. The van der Waals surface area contributed by atoms with Crippen LogP contribution in [-0.4, -0.2) is 29.3 Å². The molecule has 0 saturated heterocycles. The van der Waals surface area contributed by atoms with Gasteiger partial charge in [-0.3, -0.25) is 30.6 Å². The van der Waals surface area contributed by atoms with Gasteiger partial charge in [0, 0.05) is 23.3 Å². The summed E-state index contributed by atoms with van der Waals surface area (Å²) in [6.45, 7) is -0.611. The quantitative estimate of drug-likeness (QED) is 0.355. The molecule has 0 atom stereocenters. The van der Waals surface area contributed by atoms with E-state index in [0.717, 1.165) is 11.6 Å². The van der Waals surface area contributed by atoms with Crippen LogP contribution < -0.4 is 10.9 Å². The number of hydrazine groups is 1. The molecule has 3 aromatic rings. The van der Waals surface area contributed by atoms with E-state index in [1.54, 1.807) is 11.4 Å². The van der Waals surface area contributed by atoms with Gasteiger partial charge in [-0.15, -0.1) is 11.3 Å². The molecular formula is C20H15N3O6S. The van der Waals surface area contributed by atoms with Gasteiger partial charge in [0.15, 0.2) is 6.61 Å². The number of carbonyl (C=O) groups is 3. The Morgan fingerprint density at radius 1 is 1.00 bits per heavy atom. The van der Waals surface area contributed by atoms with Crippen LogP contribution in [0.25, 0.3) is 11.1 Å². The van der Waals surface area contributed by atoms with Crippen LogP contribution in [0.2, 0.25) is 0 Å². The molecule has 2 N–H and O–H groups in total. The Balaban J connectivity index is 1.52. The number of rotatable bonds is 6. The fourth-order valence-electron chi connectivity index (χ4n) is 2.50. The van der Waals surface area contributed by atoms with Gasteiger partial charge in [0.2, 0.25) is 0 Å². The summed E-state index contributed by atoms with van der Waals surface area (Å²) in [4.78, 5) is 46.7. The summed E-state index contributed by atoms with van der Waals surface area (Å²) in [6, 6.07) is 16.1. The molecule has 0 aliphatic rings. The molecule has 0 spiro atoms. The van der Waals surface area contributed by atoms with Crippen molar-refractivity contribution in [2.75, 3.05) is 6.61 Å². The van der Waals surface area contributed by atoms with E-state index in [9.17, 15) is 24.5 Å². The number of nitro groups is 1. The first-order valence-corrected chi connectivity index (χ1v) is 9.47. The van der Waals surface area contributed by atoms with Crippen LogP contribution in [0, 0.1) is 10.1 Å². The third-order valence-corrected chi connectivity index (χ3v) is 4.80. The number of nitrogens with zero attached hydrogens (tertiary/aromatic N) is 1. The highest BCUT2D eigenvalue weighted by Gasteiger charge is 2.18. The first-order valence-electron chi connectivity index (χ1n) is 8.59. The van der Waals surface area contributed by atoms with E-state index in [0.29, 0.717) is 10.4 Å². The highest BCUT2D eigenvalue weighted by molar-refractivity contribution is 7.12. The molecule has 1 heterocycles. The summed E-state index contributed by atoms with van der Waals surface area (Å²) in [6.07, 6.45) is 0. The molecular weight excluding hydrogens is 410 g/mol. The lowest BCUT2D eigenvalue weighted by Gasteiger charge is -2.08. The molecule has 0 aliphatic heterocycles. The van der Waals surface area contributed by atoms with Gasteiger partial charge in [0.1, 0.15) is 4.88 Å². The van der Waals surface area contributed by atoms with Crippen LogP contribution in [0.15, 0.2) is 66.0 Å². The maximum absolute atomic E-state index is 12.3. The van der Waals surface area contributed by atoms with Crippen LogP contribution in [-0.2, 0) is 9.53 Å². The number of thiophene rings is 1. The van der Waals surface area contributed by atoms with Crippen LogP contribution in [0.1, 0.15) is 20.0 Å². The predicted molar refractivity (Wildman–Crippen MR) is 109 cm³/mol. The Morgan fingerprint density at radius 3 is 2.50 bits per heavy atom. The van der Waals surface area contributed by atoms with Crippen molar-refractivity contribution in [2.45, 2.75) is 0 Å². The molecule has 0 unspecified atom stereocenters. The minimum atomic E-state index is -0.764. The van der Waals surface area contributed by atoms with E-state index in [4.69, 9.17) is 4.74 Å². The van der Waals surface area contributed by atoms with E-state index in [1.165, 1.54) is 29.5 Å². The smallest absolute Gasteiger partial charge is 0.349 e. The van der Waals surface area contributed by atoms with Crippen molar-refractivity contribution in [2.24, 2.45) is 0 Å². The predicted octanol–water partition coefficient (Wildman–Crippen LogP) is 2.94. The minimum Gasteiger partial charge on any atom is -0.451 e. The van der Waals surface area contributed by atoms with Crippen molar-refractivity contribution in [3.8, 4) is 11.1 Å². The first-order chi connectivity index (χ1) is 14.5. The molecule has 0 saturated carbocycles. The van der Waals surface area contributed by atoms with Gasteiger partial charge in [-0.25, -0.2) is 4.79 Å². The van der Waals surface area contributed by atoms with Gasteiger partial charge in [0.25, 0.3) is 17.5 Å². The topological polar surface area (TPSA) is 128 Å². The van der Waals surface area contributed by atoms with Crippen molar-refractivity contribution in [3.05, 3.63) is 86.6 Å². The Bertz CT molecular complexity index is 1100. The molecule has 0 bridgehead atoms. The van der Waals surface area contributed by atoms with E-state index in [1.807, 2.05) is 30.3 Å². The second-order valence-electron chi connectivity index (χ2n) is 5.92. The zero-order valence-electron chi connectivity index (χ0n) is 15.4. The van der Waals surface area contributed by atoms with E-state index in [-0.39, 0.29) is 11.3 Å². The van der Waals surface area contributed by atoms with Crippen LogP contribution in [0.4, 0.5) is 5.69 Å². The monoisotopic (exact) mass is 425 g/mol. The Labute approximate surface area is 174 Å². The first kappa shape index (κ1) is 20.7. The number of amides is 2. The second-order valence-corrected chi connectivity index (χ2v) is 6.83. The fraction of sp³-hybridized carbons (Fsp3) is 0.0500. The maximum Gasteiger partial charge on any atom is 0.349 e. The van der Waals surface area contributed by atoms with Gasteiger partial charge >= 0.3 is 5.97 Å². The molecule has 3 rings (SSSR count). The van der Waals surface area contributed by atoms with Gasteiger partial charge in [0.05, 0.1) is 4.92 Å². The summed E-state index contributed by atoms with van der Waals surface area (Å²) < 4.78 is 5.02. The molecule has 152 valence electrons. The van der Waals surface area contributed by atoms with Crippen molar-refractivity contribution in [1.29, 1.82) is 0 Å². The molecule has 9 nitrogen and oxygen atoms in total. The van der Waals surface area contributed by atoms with E-state index < -0.39 is 29.3 Å². The molecule has 10 heteroatoms. The zero-order valence-corrected chi connectivity index (χ0v) is 16.2. The molecule has 2 aromatic carbocycles. The molecule has 0 fully saturated rings. The van der Waals surface area contributed by atoms with Gasteiger partial charge < -0.3 is 4.74 Å². The largest absolute Gasteiger partial charge is 0.451 e. The van der Waals surface area contributed by atoms with E-state index in [2.05, 4.69) is 10.9 Å². The lowest BCUT2D eigenvalue weighted by atomic mass is 10.1. The second kappa shape index (κ2) is 9.43. The summed E-state index contributed by atoms with van der Waals surface area (Å²) in [5.74, 6) is -2.17. The lowest BCUT2D eigenvalue weighted by molar-refractivity contribution is -0.384. The van der Waals surface area contributed by atoms with Crippen molar-refractivity contribution in [3.63, 3.8) is 0 Å². The Hall–Kier alpha value is -4.05. The van der Waals surface area contributed by atoms with Crippen LogP contribution in [0.3, 0.4) is 0 Å². The number of esters is 1. The number of carbonyl (C=O) groups excluding carboxylic acids is 3. The van der Waals surface area contributed by atoms with Gasteiger partial charge in [-0.1, -0.05) is 36.4 Å². The minimum absolute atomic E-state index is 0.00687. The Morgan fingerprint density at radius 2 is 1.77 bits per heavy atom. The van der Waals surface area contributed by atoms with Crippen LogP contribution >= 0.6 is 11.3 Å². The number of non-ortho nitro benzene ring substituents is 1. The third-order valence-electron chi connectivity index (χ3n) is 3.90. The fourth-order valence-corrected chi connectivity index (χ4v) is 3.31. The SMILES string of the molecule is O=C(COC(=O)c1sccc1-c1ccccc1)NNC(=O)c1cccc([N+](=O)[O-])c1. The summed E-state index contributed by atoms with van der Waals surface area (Å²) in [5, 5.41) is 12.5. The molecule has 30 heavy (non-hydrogen) atoms. The standard InChI is InChI=1S/C20H15N3O6S/c24-17(21-22-19(25)14-7-4-8-15(11-14)23(27)28)12-29-20(26)18-16(9-10-30-18)13-5-2-1-3-6-13/h1-11H,12H2,(H,21,24)(H,22,25). The molecule has 0 radical (unpaired) electrons. The number of hydrogen-bond acceptors (Lipinski definition) is 7. The maximum atomic E-state index is 12.3. The number of nitrogens with one attached hydrogen (secondary N) is 2. The highest BCUT2D eigenvalue weighted by atomic mass is 32.1. The van der Waals surface area contributed by atoms with Gasteiger partial charge in [-0.05, 0) is 23.1 Å². The van der Waals surface area contributed by atoms with Crippen molar-refractivity contribution in [1.82, 2.24) is 10.9 Å². The lowest BCUT2D eigenvalue weighted by Crippen LogP contribution is -2.43. The number of hydrogen-bond donors (Lipinski definition) is 2. The van der Waals surface area contributed by atoms with E-state index >= 15 is 0 Å². The number of benzene rings is 2. The Kier molecular flexibility index (Phi) is 6.50. The summed E-state index contributed by atoms with van der Waals surface area (Å²) in [5.41, 5.74) is 5.49. The van der Waals surface area contributed by atoms with Crippen molar-refractivity contribution >= 4 is 34.8 Å². The average Bonchev–Trinajstić information content (AvgIpc) is 3.26. The van der Waals surface area contributed by atoms with Crippen molar-refractivity contribution < 1.29 is 24.0 Å². The van der Waals surface area contributed by atoms with Crippen LogP contribution in [0.5, 0.6) is 0 Å². The zero-order chi connectivity index (χ0) is 21.5.